The van der Waals surface area contributed by atoms with Gasteiger partial charge in [0.2, 0.25) is 0 Å². The van der Waals surface area contributed by atoms with Crippen molar-refractivity contribution in [1.82, 2.24) is 9.97 Å². The van der Waals surface area contributed by atoms with Crippen molar-refractivity contribution in [3.8, 4) is 0 Å². The van der Waals surface area contributed by atoms with Crippen LogP contribution in [0.4, 0.5) is 5.82 Å². The molecule has 2 N–H and O–H groups in total. The highest BCUT2D eigenvalue weighted by molar-refractivity contribution is 7.94. The Bertz CT molecular complexity index is 736. The fraction of sp³-hybridized carbons (Fsp3) is 0.111. The molecule has 6 nitrogen and oxygen atoms in total. The van der Waals surface area contributed by atoms with Crippen LogP contribution in [-0.2, 0) is 10.0 Å². The molecular weight excluding hydrogens is 298 g/mol. The monoisotopic (exact) mass is 305 g/mol. The van der Waals surface area contributed by atoms with Gasteiger partial charge >= 0.3 is 4.87 Å². The van der Waals surface area contributed by atoms with Crippen molar-refractivity contribution in [3.05, 3.63) is 38.7 Å². The third-order valence-electron chi connectivity index (χ3n) is 1.98. The summed E-state index contributed by atoms with van der Waals surface area (Å²) in [6, 6.07) is 4.56. The van der Waals surface area contributed by atoms with Crippen molar-refractivity contribution in [2.45, 2.75) is 11.1 Å². The number of thiazole rings is 1. The Kier molecular flexibility index (Phi) is 3.42. The number of pyridine rings is 1. The number of aromatic nitrogens is 2. The summed E-state index contributed by atoms with van der Waals surface area (Å²) in [5.74, 6) is 0.0998. The van der Waals surface area contributed by atoms with Gasteiger partial charge in [-0.3, -0.25) is 9.52 Å². The van der Waals surface area contributed by atoms with Gasteiger partial charge in [0.15, 0.2) is 4.21 Å². The van der Waals surface area contributed by atoms with Crippen LogP contribution in [0.3, 0.4) is 0 Å². The van der Waals surface area contributed by atoms with Crippen molar-refractivity contribution < 1.29 is 8.42 Å². The number of H-pyrrole nitrogens is 1. The lowest BCUT2D eigenvalue weighted by molar-refractivity contribution is 0.602. The third kappa shape index (κ3) is 2.71. The summed E-state index contributed by atoms with van der Waals surface area (Å²) >= 11 is 6.28. The number of nitrogens with zero attached hydrogens (tertiary/aromatic N) is 1. The van der Waals surface area contributed by atoms with Crippen LogP contribution in [0.1, 0.15) is 5.69 Å². The summed E-state index contributed by atoms with van der Waals surface area (Å²) in [5, 5.41) is 0.175. The molecule has 0 aliphatic carbocycles. The molecule has 0 fully saturated rings. The number of hydrogen-bond donors (Lipinski definition) is 2. The molecule has 0 atom stereocenters. The average Bonchev–Trinajstić information content (AvgIpc) is 2.58. The molecule has 2 aromatic rings. The van der Waals surface area contributed by atoms with E-state index in [2.05, 4.69) is 14.7 Å². The zero-order valence-electron chi connectivity index (χ0n) is 9.10. The lowest BCUT2D eigenvalue weighted by Gasteiger charge is -2.05. The number of nitrogens with one attached hydrogen (secondary N) is 2. The zero-order valence-corrected chi connectivity index (χ0v) is 11.5. The second kappa shape index (κ2) is 4.71. The molecule has 96 valence electrons. The molecule has 0 unspecified atom stereocenters. The fourth-order valence-electron chi connectivity index (χ4n) is 1.30. The predicted molar refractivity (Wildman–Crippen MR) is 69.7 cm³/mol. The lowest BCUT2D eigenvalue weighted by atomic mass is 10.5. The number of anilines is 1. The Balaban J connectivity index is 2.39. The summed E-state index contributed by atoms with van der Waals surface area (Å²) in [6.07, 6.45) is 0. The maximum Gasteiger partial charge on any atom is 0.306 e. The van der Waals surface area contributed by atoms with E-state index in [0.29, 0.717) is 17.0 Å². The molecule has 0 saturated heterocycles. The normalized spacial score (nSPS) is 11.4. The number of aromatic amines is 1. The van der Waals surface area contributed by atoms with Gasteiger partial charge in [-0.25, -0.2) is 13.4 Å². The first-order valence-corrected chi connectivity index (χ1v) is 7.41. The fourth-order valence-corrected chi connectivity index (χ4v) is 3.76. The molecule has 0 aliphatic heterocycles. The van der Waals surface area contributed by atoms with Crippen LogP contribution in [0.15, 0.2) is 27.2 Å². The lowest BCUT2D eigenvalue weighted by Crippen LogP contribution is -2.13. The summed E-state index contributed by atoms with van der Waals surface area (Å²) in [6.45, 7) is 1.51. The predicted octanol–water partition coefficient (Wildman–Crippen LogP) is 1.59. The highest BCUT2D eigenvalue weighted by Crippen LogP contribution is 2.19. The van der Waals surface area contributed by atoms with Gasteiger partial charge in [-0.2, -0.15) is 0 Å². The quantitative estimate of drug-likeness (QED) is 0.842. The summed E-state index contributed by atoms with van der Waals surface area (Å²) < 4.78 is 26.2. The molecule has 9 heteroatoms. The van der Waals surface area contributed by atoms with Gasteiger partial charge in [-0.15, -0.1) is 0 Å². The first-order chi connectivity index (χ1) is 8.38. The maximum absolute atomic E-state index is 12.0. The van der Waals surface area contributed by atoms with Crippen molar-refractivity contribution in [1.29, 1.82) is 0 Å². The number of halogens is 1. The summed E-state index contributed by atoms with van der Waals surface area (Å²) in [7, 11) is -3.82. The Morgan fingerprint density at radius 1 is 1.44 bits per heavy atom. The molecule has 2 heterocycles. The van der Waals surface area contributed by atoms with Crippen molar-refractivity contribution >= 4 is 38.8 Å². The van der Waals surface area contributed by atoms with E-state index in [1.165, 1.54) is 19.1 Å². The maximum atomic E-state index is 12.0. The largest absolute Gasteiger partial charge is 0.315 e. The van der Waals surface area contributed by atoms with E-state index >= 15 is 0 Å². The third-order valence-corrected chi connectivity index (χ3v) is 5.15. The van der Waals surface area contributed by atoms with Crippen molar-refractivity contribution in [2.75, 3.05) is 4.72 Å². The molecule has 0 aromatic carbocycles. The van der Waals surface area contributed by atoms with Gasteiger partial charge in [0.25, 0.3) is 10.0 Å². The van der Waals surface area contributed by atoms with E-state index in [0.717, 1.165) is 0 Å². The number of hydrogen-bond acceptors (Lipinski definition) is 5. The van der Waals surface area contributed by atoms with Crippen LogP contribution in [0.2, 0.25) is 5.15 Å². The van der Waals surface area contributed by atoms with Gasteiger partial charge < -0.3 is 4.98 Å². The van der Waals surface area contributed by atoms with Crippen LogP contribution >= 0.6 is 22.9 Å². The number of aryl methyl sites for hydroxylation is 1. The van der Waals surface area contributed by atoms with E-state index in [9.17, 15) is 13.2 Å². The Morgan fingerprint density at radius 3 is 2.72 bits per heavy atom. The van der Waals surface area contributed by atoms with E-state index < -0.39 is 14.9 Å². The number of rotatable bonds is 3. The molecule has 2 aromatic heterocycles. The van der Waals surface area contributed by atoms with Gasteiger partial charge in [-0.1, -0.05) is 29.0 Å². The molecule has 0 spiro atoms. The van der Waals surface area contributed by atoms with Gasteiger partial charge in [-0.05, 0) is 19.1 Å². The second-order valence-electron chi connectivity index (χ2n) is 3.38. The molecule has 0 bridgehead atoms. The molecule has 18 heavy (non-hydrogen) atoms. The van der Waals surface area contributed by atoms with E-state index in [1.54, 1.807) is 6.07 Å². The summed E-state index contributed by atoms with van der Waals surface area (Å²) in [4.78, 5) is 16.9. The molecule has 0 saturated carbocycles. The average molecular weight is 306 g/mol. The van der Waals surface area contributed by atoms with Crippen molar-refractivity contribution in [3.63, 3.8) is 0 Å². The van der Waals surface area contributed by atoms with Crippen LogP contribution in [0.5, 0.6) is 0 Å². The SMILES string of the molecule is Cc1[nH]c(=O)sc1S(=O)(=O)Nc1cccc(Cl)n1. The second-order valence-corrected chi connectivity index (χ2v) is 6.63. The Labute approximate surface area is 112 Å². The Morgan fingerprint density at radius 2 is 2.17 bits per heavy atom. The van der Waals surface area contributed by atoms with E-state index in [4.69, 9.17) is 11.6 Å². The molecule has 2 rings (SSSR count). The minimum Gasteiger partial charge on any atom is -0.315 e. The smallest absolute Gasteiger partial charge is 0.306 e. The molecule has 0 amide bonds. The van der Waals surface area contributed by atoms with E-state index in [1.807, 2.05) is 0 Å². The van der Waals surface area contributed by atoms with Gasteiger partial charge in [0, 0.05) is 5.69 Å². The van der Waals surface area contributed by atoms with Crippen LogP contribution in [0, 0.1) is 6.92 Å². The Hall–Kier alpha value is -1.38. The van der Waals surface area contributed by atoms with Crippen molar-refractivity contribution in [2.24, 2.45) is 0 Å². The van der Waals surface area contributed by atoms with Gasteiger partial charge in [0.05, 0.1) is 0 Å². The molecular formula is C9H8ClN3O3S2. The highest BCUT2D eigenvalue weighted by atomic mass is 35.5. The van der Waals surface area contributed by atoms with Gasteiger partial charge in [0.1, 0.15) is 11.0 Å². The number of sulfonamides is 1. The standard InChI is InChI=1S/C9H8ClN3O3S2/c1-5-8(17-9(14)11-5)18(15,16)13-7-4-2-3-6(10)12-7/h2-4H,1H3,(H,11,14)(H,12,13). The first-order valence-electron chi connectivity index (χ1n) is 4.73. The van der Waals surface area contributed by atoms with Crippen LogP contribution in [0.25, 0.3) is 0 Å². The first kappa shape index (κ1) is 13.1. The minimum atomic E-state index is -3.82. The summed E-state index contributed by atoms with van der Waals surface area (Å²) in [5.41, 5.74) is 0.291. The highest BCUT2D eigenvalue weighted by Gasteiger charge is 2.21. The topological polar surface area (TPSA) is 91.9 Å². The van der Waals surface area contributed by atoms with Crippen LogP contribution < -0.4 is 9.60 Å². The van der Waals surface area contributed by atoms with E-state index in [-0.39, 0.29) is 15.2 Å². The molecule has 0 aliphatic rings. The molecule has 0 radical (unpaired) electrons. The minimum absolute atomic E-state index is 0.0609. The van der Waals surface area contributed by atoms with Crippen LogP contribution in [-0.4, -0.2) is 18.4 Å². The zero-order chi connectivity index (χ0) is 13.3.